The molecular formula is C16H15Cl2FO2. The van der Waals surface area contributed by atoms with E-state index >= 15 is 0 Å². The lowest BCUT2D eigenvalue weighted by atomic mass is 9.99. The quantitative estimate of drug-likeness (QED) is 0.724. The highest BCUT2D eigenvalue weighted by molar-refractivity contribution is 6.33. The van der Waals surface area contributed by atoms with Gasteiger partial charge < -0.3 is 9.47 Å². The molecule has 2 nitrogen and oxygen atoms in total. The van der Waals surface area contributed by atoms with Crippen molar-refractivity contribution in [2.24, 2.45) is 0 Å². The molecule has 0 spiro atoms. The van der Waals surface area contributed by atoms with Crippen LogP contribution in [0, 0.1) is 12.7 Å². The molecule has 0 N–H and O–H groups in total. The number of benzene rings is 2. The molecule has 2 aromatic rings. The monoisotopic (exact) mass is 328 g/mol. The Balaban J connectivity index is 2.50. The second-order valence-corrected chi connectivity index (χ2v) is 5.44. The summed E-state index contributed by atoms with van der Waals surface area (Å²) in [7, 11) is 3.14. The third-order valence-electron chi connectivity index (χ3n) is 3.28. The zero-order valence-electron chi connectivity index (χ0n) is 11.9. The fraction of sp³-hybridized carbons (Fsp3) is 0.250. The van der Waals surface area contributed by atoms with Gasteiger partial charge >= 0.3 is 0 Å². The number of rotatable bonds is 4. The van der Waals surface area contributed by atoms with Gasteiger partial charge in [0, 0.05) is 5.02 Å². The number of halogens is 3. The van der Waals surface area contributed by atoms with Crippen LogP contribution in [0.5, 0.6) is 11.5 Å². The molecule has 1 atom stereocenters. The van der Waals surface area contributed by atoms with Crippen LogP contribution in [0.15, 0.2) is 30.3 Å². The summed E-state index contributed by atoms with van der Waals surface area (Å²) >= 11 is 12.6. The average molecular weight is 329 g/mol. The van der Waals surface area contributed by atoms with Crippen molar-refractivity contribution in [3.8, 4) is 11.5 Å². The van der Waals surface area contributed by atoms with Gasteiger partial charge in [-0.1, -0.05) is 17.7 Å². The Morgan fingerprint density at radius 3 is 2.19 bits per heavy atom. The summed E-state index contributed by atoms with van der Waals surface area (Å²) in [6.07, 6.45) is 0. The first-order chi connectivity index (χ1) is 9.97. The number of methoxy groups -OCH3 is 2. The highest BCUT2D eigenvalue weighted by Crippen LogP contribution is 2.40. The summed E-state index contributed by atoms with van der Waals surface area (Å²) in [4.78, 5) is 0. The molecule has 0 saturated heterocycles. The van der Waals surface area contributed by atoms with Gasteiger partial charge in [-0.3, -0.25) is 0 Å². The van der Waals surface area contributed by atoms with Gasteiger partial charge in [0.2, 0.25) is 0 Å². The van der Waals surface area contributed by atoms with E-state index in [1.165, 1.54) is 12.1 Å². The minimum atomic E-state index is -0.502. The van der Waals surface area contributed by atoms with Gasteiger partial charge in [0.1, 0.15) is 5.82 Å². The van der Waals surface area contributed by atoms with E-state index in [2.05, 4.69) is 0 Å². The molecule has 5 heteroatoms. The maximum Gasteiger partial charge on any atom is 0.161 e. The fourth-order valence-electron chi connectivity index (χ4n) is 2.14. The first-order valence-electron chi connectivity index (χ1n) is 6.29. The van der Waals surface area contributed by atoms with Crippen LogP contribution in [0.2, 0.25) is 5.02 Å². The highest BCUT2D eigenvalue weighted by Gasteiger charge is 2.19. The molecule has 0 heterocycles. The third-order valence-corrected chi connectivity index (χ3v) is 4.08. The fourth-order valence-corrected chi connectivity index (χ4v) is 2.90. The molecule has 21 heavy (non-hydrogen) atoms. The Labute approximate surface area is 133 Å². The standard InChI is InChI=1S/C16H15Cl2FO2/c1-9-6-14(20-2)15(21-3)8-12(9)16(18)11-5-4-10(19)7-13(11)17/h4-8,16H,1-3H3. The van der Waals surface area contributed by atoms with Crippen molar-refractivity contribution >= 4 is 23.2 Å². The summed E-state index contributed by atoms with van der Waals surface area (Å²) < 4.78 is 23.7. The Bertz CT molecular complexity index is 659. The average Bonchev–Trinajstić information content (AvgIpc) is 2.46. The molecule has 2 rings (SSSR count). The number of hydrogen-bond donors (Lipinski definition) is 0. The normalized spacial score (nSPS) is 12.1. The van der Waals surface area contributed by atoms with E-state index in [9.17, 15) is 4.39 Å². The number of ether oxygens (including phenoxy) is 2. The highest BCUT2D eigenvalue weighted by atomic mass is 35.5. The Kier molecular flexibility index (Phi) is 4.96. The van der Waals surface area contributed by atoms with Crippen molar-refractivity contribution in [3.05, 3.63) is 57.9 Å². The summed E-state index contributed by atoms with van der Waals surface area (Å²) in [5.41, 5.74) is 2.42. The van der Waals surface area contributed by atoms with Gasteiger partial charge in [0.15, 0.2) is 11.5 Å². The Morgan fingerprint density at radius 1 is 1.00 bits per heavy atom. The second-order valence-electron chi connectivity index (χ2n) is 4.59. The van der Waals surface area contributed by atoms with Crippen LogP contribution in [0.3, 0.4) is 0 Å². The minimum absolute atomic E-state index is 0.296. The lowest BCUT2D eigenvalue weighted by Crippen LogP contribution is -2.00. The molecule has 0 aliphatic heterocycles. The van der Waals surface area contributed by atoms with Gasteiger partial charge in [0.05, 0.1) is 19.6 Å². The van der Waals surface area contributed by atoms with Crippen LogP contribution in [0.4, 0.5) is 4.39 Å². The zero-order chi connectivity index (χ0) is 15.6. The topological polar surface area (TPSA) is 18.5 Å². The summed E-state index contributed by atoms with van der Waals surface area (Å²) in [6, 6.07) is 7.84. The van der Waals surface area contributed by atoms with Crippen LogP contribution in [0.1, 0.15) is 22.1 Å². The number of alkyl halides is 1. The lowest BCUT2D eigenvalue weighted by molar-refractivity contribution is 0.354. The van der Waals surface area contributed by atoms with E-state index in [1.807, 2.05) is 19.1 Å². The molecule has 0 fully saturated rings. The van der Waals surface area contributed by atoms with E-state index < -0.39 is 11.2 Å². The van der Waals surface area contributed by atoms with Gasteiger partial charge in [-0.2, -0.15) is 0 Å². The molecule has 0 aromatic heterocycles. The van der Waals surface area contributed by atoms with Gasteiger partial charge in [-0.05, 0) is 47.9 Å². The molecule has 0 saturated carbocycles. The van der Waals surface area contributed by atoms with Gasteiger partial charge in [-0.25, -0.2) is 4.39 Å². The van der Waals surface area contributed by atoms with Crippen molar-refractivity contribution in [1.82, 2.24) is 0 Å². The Hall–Kier alpha value is -1.45. The molecule has 1 unspecified atom stereocenters. The second kappa shape index (κ2) is 6.54. The molecule has 0 radical (unpaired) electrons. The number of aryl methyl sites for hydroxylation is 1. The molecule has 0 bridgehead atoms. The molecule has 0 aliphatic rings. The van der Waals surface area contributed by atoms with Crippen LogP contribution < -0.4 is 9.47 Å². The predicted molar refractivity (Wildman–Crippen MR) is 83.4 cm³/mol. The maximum absolute atomic E-state index is 13.1. The van der Waals surface area contributed by atoms with Crippen molar-refractivity contribution in [3.63, 3.8) is 0 Å². The van der Waals surface area contributed by atoms with Crippen LogP contribution in [-0.2, 0) is 0 Å². The lowest BCUT2D eigenvalue weighted by Gasteiger charge is -2.17. The third kappa shape index (κ3) is 3.25. The van der Waals surface area contributed by atoms with Crippen LogP contribution in [-0.4, -0.2) is 14.2 Å². The number of hydrogen-bond acceptors (Lipinski definition) is 2. The molecule has 112 valence electrons. The first-order valence-corrected chi connectivity index (χ1v) is 7.11. The smallest absolute Gasteiger partial charge is 0.161 e. The van der Waals surface area contributed by atoms with E-state index in [4.69, 9.17) is 32.7 Å². The minimum Gasteiger partial charge on any atom is -0.493 e. The predicted octanol–water partition coefficient (Wildman–Crippen LogP) is 5.13. The maximum atomic E-state index is 13.1. The van der Waals surface area contributed by atoms with Gasteiger partial charge in [0.25, 0.3) is 0 Å². The molecular weight excluding hydrogens is 314 g/mol. The zero-order valence-corrected chi connectivity index (χ0v) is 13.4. The Morgan fingerprint density at radius 2 is 1.62 bits per heavy atom. The van der Waals surface area contributed by atoms with Crippen LogP contribution >= 0.6 is 23.2 Å². The molecule has 0 amide bonds. The largest absolute Gasteiger partial charge is 0.493 e. The summed E-state index contributed by atoms with van der Waals surface area (Å²) in [5, 5.41) is -0.206. The summed E-state index contributed by atoms with van der Waals surface area (Å²) in [6.45, 7) is 1.92. The molecule has 2 aromatic carbocycles. The van der Waals surface area contributed by atoms with Crippen molar-refractivity contribution in [2.45, 2.75) is 12.3 Å². The van der Waals surface area contributed by atoms with Crippen molar-refractivity contribution in [2.75, 3.05) is 14.2 Å². The van der Waals surface area contributed by atoms with E-state index in [0.29, 0.717) is 22.1 Å². The molecule has 0 aliphatic carbocycles. The van der Waals surface area contributed by atoms with E-state index in [1.54, 1.807) is 20.3 Å². The summed E-state index contributed by atoms with van der Waals surface area (Å²) in [5.74, 6) is 0.825. The first kappa shape index (κ1) is 15.9. The van der Waals surface area contributed by atoms with Crippen molar-refractivity contribution < 1.29 is 13.9 Å². The van der Waals surface area contributed by atoms with Gasteiger partial charge in [-0.15, -0.1) is 11.6 Å². The van der Waals surface area contributed by atoms with E-state index in [-0.39, 0.29) is 0 Å². The van der Waals surface area contributed by atoms with E-state index in [0.717, 1.165) is 11.1 Å². The van der Waals surface area contributed by atoms with Crippen LogP contribution in [0.25, 0.3) is 0 Å². The van der Waals surface area contributed by atoms with Crippen molar-refractivity contribution in [1.29, 1.82) is 0 Å². The SMILES string of the molecule is COc1cc(C)c(C(Cl)c2ccc(F)cc2Cl)cc1OC.